The van der Waals surface area contributed by atoms with E-state index in [1.54, 1.807) is 17.0 Å². The van der Waals surface area contributed by atoms with Crippen molar-refractivity contribution in [3.05, 3.63) is 56.0 Å². The molecule has 2 aromatic rings. The van der Waals surface area contributed by atoms with E-state index in [9.17, 15) is 4.39 Å². The highest BCUT2D eigenvalue weighted by Gasteiger charge is 2.21. The molecule has 0 saturated heterocycles. The van der Waals surface area contributed by atoms with Crippen LogP contribution in [0.3, 0.4) is 0 Å². The fourth-order valence-corrected chi connectivity index (χ4v) is 5.66. The summed E-state index contributed by atoms with van der Waals surface area (Å²) in [6, 6.07) is 5.64. The first-order valence-corrected chi connectivity index (χ1v) is 9.31. The molecule has 0 aliphatic heterocycles. The average Bonchev–Trinajstić information content (AvgIpc) is 2.69. The summed E-state index contributed by atoms with van der Waals surface area (Å²) in [5.74, 6) is -0.143. The van der Waals surface area contributed by atoms with Gasteiger partial charge in [0.1, 0.15) is 5.82 Å². The highest BCUT2D eigenvalue weighted by Crippen LogP contribution is 2.41. The van der Waals surface area contributed by atoms with Crippen molar-refractivity contribution in [2.45, 2.75) is 50.8 Å². The molecule has 1 aromatic heterocycles. The number of hydrogen-bond acceptors (Lipinski definition) is 1. The lowest BCUT2D eigenvalue weighted by molar-refractivity contribution is 0.624. The topological polar surface area (TPSA) is 0 Å². The van der Waals surface area contributed by atoms with E-state index in [4.69, 9.17) is 0 Å². The Balaban J connectivity index is 1.97. The minimum Gasteiger partial charge on any atom is -0.207 e. The van der Waals surface area contributed by atoms with Crippen LogP contribution in [0.25, 0.3) is 0 Å². The number of aryl methyl sites for hydroxylation is 4. The Bertz CT molecular complexity index is 613. The molecule has 0 spiro atoms. The van der Waals surface area contributed by atoms with Crippen LogP contribution in [0.4, 0.5) is 4.39 Å². The van der Waals surface area contributed by atoms with Gasteiger partial charge in [-0.05, 0) is 80.0 Å². The van der Waals surface area contributed by atoms with Gasteiger partial charge < -0.3 is 0 Å². The molecule has 0 radical (unpaired) electrons. The molecule has 1 aromatic carbocycles. The summed E-state index contributed by atoms with van der Waals surface area (Å²) < 4.78 is 13.5. The largest absolute Gasteiger partial charge is 0.207 e. The number of alkyl halides is 1. The van der Waals surface area contributed by atoms with Crippen LogP contribution in [0.2, 0.25) is 0 Å². The van der Waals surface area contributed by atoms with Crippen LogP contribution in [0, 0.1) is 19.7 Å². The Labute approximate surface area is 138 Å². The molecule has 1 heterocycles. The Kier molecular flexibility index (Phi) is 4.51. The number of rotatable bonds is 2. The maximum atomic E-state index is 13.5. The van der Waals surface area contributed by atoms with Crippen LogP contribution in [0.1, 0.15) is 56.1 Å². The van der Waals surface area contributed by atoms with E-state index in [1.807, 2.05) is 25.2 Å². The van der Waals surface area contributed by atoms with Gasteiger partial charge in [0.2, 0.25) is 0 Å². The van der Waals surface area contributed by atoms with E-state index in [-0.39, 0.29) is 10.6 Å². The van der Waals surface area contributed by atoms with Gasteiger partial charge in [0.05, 0.1) is 4.83 Å². The van der Waals surface area contributed by atoms with Crippen molar-refractivity contribution in [2.75, 3.05) is 0 Å². The van der Waals surface area contributed by atoms with E-state index in [2.05, 4.69) is 22.0 Å². The summed E-state index contributed by atoms with van der Waals surface area (Å²) in [6.07, 6.45) is 6.41. The van der Waals surface area contributed by atoms with Crippen LogP contribution in [-0.4, -0.2) is 0 Å². The normalized spacial score (nSPS) is 16.4. The Hall–Kier alpha value is -0.670. The van der Waals surface area contributed by atoms with Crippen molar-refractivity contribution < 1.29 is 4.39 Å². The number of fused-ring (bicyclic) bond motifs is 1. The number of thiophene rings is 1. The molecule has 1 aliphatic rings. The van der Waals surface area contributed by atoms with Crippen molar-refractivity contribution >= 4 is 27.3 Å². The average molecular weight is 367 g/mol. The zero-order chi connectivity index (χ0) is 15.0. The van der Waals surface area contributed by atoms with E-state index >= 15 is 0 Å². The smallest absolute Gasteiger partial charge is 0.123 e. The molecular weight excluding hydrogens is 347 g/mol. The third-order valence-corrected chi connectivity index (χ3v) is 6.88. The van der Waals surface area contributed by atoms with Crippen molar-refractivity contribution in [2.24, 2.45) is 0 Å². The third kappa shape index (κ3) is 3.09. The standard InChI is InChI=1S/C18H20BrFS/c1-11-8-14(20)9-12(2)17(11)18(19)16-10-13-6-4-3-5-7-15(13)21-16/h8-10,18H,3-7H2,1-2H3. The summed E-state index contributed by atoms with van der Waals surface area (Å²) in [6.45, 7) is 4.00. The van der Waals surface area contributed by atoms with Gasteiger partial charge >= 0.3 is 0 Å². The first-order chi connectivity index (χ1) is 10.1. The van der Waals surface area contributed by atoms with Crippen molar-refractivity contribution in [1.82, 2.24) is 0 Å². The summed E-state index contributed by atoms with van der Waals surface area (Å²) in [5.41, 5.74) is 4.80. The lowest BCUT2D eigenvalue weighted by Gasteiger charge is -2.15. The second-order valence-corrected chi connectivity index (χ2v) is 8.06. The zero-order valence-electron chi connectivity index (χ0n) is 12.5. The van der Waals surface area contributed by atoms with E-state index in [0.29, 0.717) is 0 Å². The van der Waals surface area contributed by atoms with Gasteiger partial charge in [-0.15, -0.1) is 11.3 Å². The van der Waals surface area contributed by atoms with Crippen molar-refractivity contribution in [3.8, 4) is 0 Å². The Morgan fingerprint density at radius 2 is 1.71 bits per heavy atom. The fourth-order valence-electron chi connectivity index (χ4n) is 3.28. The van der Waals surface area contributed by atoms with Gasteiger partial charge in [-0.3, -0.25) is 0 Å². The predicted molar refractivity (Wildman–Crippen MR) is 92.2 cm³/mol. The molecule has 0 saturated carbocycles. The fraction of sp³-hybridized carbons (Fsp3) is 0.444. The first kappa shape index (κ1) is 15.2. The Morgan fingerprint density at radius 3 is 2.43 bits per heavy atom. The molecule has 21 heavy (non-hydrogen) atoms. The van der Waals surface area contributed by atoms with Gasteiger partial charge in [-0.25, -0.2) is 4.39 Å². The lowest BCUT2D eigenvalue weighted by atomic mass is 9.98. The molecule has 112 valence electrons. The minimum atomic E-state index is -0.143. The summed E-state index contributed by atoms with van der Waals surface area (Å²) in [5, 5.41) is 0. The van der Waals surface area contributed by atoms with Crippen LogP contribution in [0.15, 0.2) is 18.2 Å². The molecule has 0 fully saturated rings. The molecule has 1 atom stereocenters. The highest BCUT2D eigenvalue weighted by atomic mass is 79.9. The van der Waals surface area contributed by atoms with Gasteiger partial charge in [-0.2, -0.15) is 0 Å². The molecule has 1 aliphatic carbocycles. The minimum absolute atomic E-state index is 0.143. The van der Waals surface area contributed by atoms with Gasteiger partial charge in [-0.1, -0.05) is 22.4 Å². The van der Waals surface area contributed by atoms with E-state index in [0.717, 1.165) is 11.1 Å². The summed E-state index contributed by atoms with van der Waals surface area (Å²) in [7, 11) is 0. The second kappa shape index (κ2) is 6.21. The first-order valence-electron chi connectivity index (χ1n) is 7.58. The quantitative estimate of drug-likeness (QED) is 0.434. The summed E-state index contributed by atoms with van der Waals surface area (Å²) in [4.78, 5) is 3.10. The van der Waals surface area contributed by atoms with Gasteiger partial charge in [0, 0.05) is 9.75 Å². The second-order valence-electron chi connectivity index (χ2n) is 5.97. The van der Waals surface area contributed by atoms with Crippen LogP contribution >= 0.6 is 27.3 Å². The van der Waals surface area contributed by atoms with Crippen LogP contribution < -0.4 is 0 Å². The third-order valence-electron chi connectivity index (χ3n) is 4.33. The van der Waals surface area contributed by atoms with Crippen LogP contribution in [-0.2, 0) is 12.8 Å². The summed E-state index contributed by atoms with van der Waals surface area (Å²) >= 11 is 5.79. The molecule has 1 unspecified atom stereocenters. The van der Waals surface area contributed by atoms with Gasteiger partial charge in [0.15, 0.2) is 0 Å². The Morgan fingerprint density at radius 1 is 1.05 bits per heavy atom. The molecule has 3 rings (SSSR count). The molecule has 0 bridgehead atoms. The maximum Gasteiger partial charge on any atom is 0.123 e. The van der Waals surface area contributed by atoms with E-state index < -0.39 is 0 Å². The number of hydrogen-bond donors (Lipinski definition) is 0. The number of benzene rings is 1. The van der Waals surface area contributed by atoms with Gasteiger partial charge in [0.25, 0.3) is 0 Å². The molecule has 3 heteroatoms. The monoisotopic (exact) mass is 366 g/mol. The molecule has 0 nitrogen and oxygen atoms in total. The van der Waals surface area contributed by atoms with Crippen LogP contribution in [0.5, 0.6) is 0 Å². The molecule has 0 amide bonds. The van der Waals surface area contributed by atoms with Crippen molar-refractivity contribution in [3.63, 3.8) is 0 Å². The predicted octanol–water partition coefficient (Wildman–Crippen LogP) is 6.26. The molecular formula is C18H20BrFS. The van der Waals surface area contributed by atoms with E-state index in [1.165, 1.54) is 48.1 Å². The van der Waals surface area contributed by atoms with Crippen molar-refractivity contribution in [1.29, 1.82) is 0 Å². The SMILES string of the molecule is Cc1cc(F)cc(C)c1C(Br)c1cc2c(s1)CCCCC2. The highest BCUT2D eigenvalue weighted by molar-refractivity contribution is 9.09. The number of halogens is 2. The lowest BCUT2D eigenvalue weighted by Crippen LogP contribution is -1.99. The zero-order valence-corrected chi connectivity index (χ0v) is 14.9. The maximum absolute atomic E-state index is 13.5. The molecule has 0 N–H and O–H groups in total.